The van der Waals surface area contributed by atoms with Crippen molar-refractivity contribution < 1.29 is 14.6 Å². The van der Waals surface area contributed by atoms with Gasteiger partial charge in [0.15, 0.2) is 5.76 Å². The maximum absolute atomic E-state index is 13.1. The molecule has 1 saturated heterocycles. The molecular weight excluding hydrogens is 535 g/mol. The van der Waals surface area contributed by atoms with E-state index >= 15 is 0 Å². The Morgan fingerprint density at radius 3 is 2.51 bits per heavy atom. The van der Waals surface area contributed by atoms with E-state index in [1.807, 2.05) is 48.7 Å². The Balaban J connectivity index is 0.00000127. The van der Waals surface area contributed by atoms with Crippen molar-refractivity contribution in [1.29, 1.82) is 0 Å². The van der Waals surface area contributed by atoms with Crippen molar-refractivity contribution in [3.63, 3.8) is 0 Å². The third-order valence-corrected chi connectivity index (χ3v) is 6.43. The Morgan fingerprint density at radius 1 is 1.00 bits per heavy atom. The lowest BCUT2D eigenvalue weighted by atomic mass is 10.0. The van der Waals surface area contributed by atoms with Gasteiger partial charge in [0.1, 0.15) is 17.1 Å². The average molecular weight is 562 g/mol. The van der Waals surface area contributed by atoms with Crippen LogP contribution in [0.25, 0.3) is 28.4 Å². The van der Waals surface area contributed by atoms with Gasteiger partial charge in [-0.3, -0.25) is 9.69 Å². The number of aromatic hydroxyl groups is 1. The smallest absolute Gasteiger partial charge is 0.231 e. The predicted octanol–water partition coefficient (Wildman–Crippen LogP) is 5.22. The number of aromatic amines is 1. The Bertz CT molecular complexity index is 1430. The number of benzene rings is 2. The number of nitrogens with one attached hydrogen (secondary N) is 2. The Hall–Kier alpha value is -3.07. The largest absolute Gasteiger partial charge is 0.507 e. The number of hydrogen-bond acceptors (Lipinski definition) is 6. The molecule has 4 heterocycles. The van der Waals surface area contributed by atoms with Crippen molar-refractivity contribution in [2.45, 2.75) is 6.54 Å². The minimum absolute atomic E-state index is 0. The number of carbonyl (C=O) groups excluding carboxylic acids is 1. The van der Waals surface area contributed by atoms with Gasteiger partial charge in [0.05, 0.1) is 16.8 Å². The number of pyridine rings is 1. The molecule has 3 N–H and O–H groups in total. The van der Waals surface area contributed by atoms with Crippen LogP contribution in [-0.2, 0) is 6.54 Å². The summed E-state index contributed by atoms with van der Waals surface area (Å²) < 4.78 is 6.06. The first kappa shape index (κ1) is 28.5. The molecule has 0 amide bonds. The SMILES string of the molecule is Cl.Cl.Cl.O=C1/C(=C/c2c[nH]c3nc(-c4ccccc4)ccc23)Oc2c1ccc(O)c2CN1CCNCC1. The van der Waals surface area contributed by atoms with Gasteiger partial charge >= 0.3 is 0 Å². The third-order valence-electron chi connectivity index (χ3n) is 6.43. The highest BCUT2D eigenvalue weighted by atomic mass is 35.5. The number of phenols is 1. The lowest BCUT2D eigenvalue weighted by molar-refractivity contribution is 0.101. The molecule has 10 heteroatoms. The van der Waals surface area contributed by atoms with Gasteiger partial charge in [-0.15, -0.1) is 37.2 Å². The third kappa shape index (κ3) is 5.46. The second kappa shape index (κ2) is 12.0. The maximum Gasteiger partial charge on any atom is 0.231 e. The number of hydrogen-bond donors (Lipinski definition) is 3. The van der Waals surface area contributed by atoms with Gasteiger partial charge in [0.2, 0.25) is 5.78 Å². The van der Waals surface area contributed by atoms with Gasteiger partial charge in [-0.2, -0.15) is 0 Å². The van der Waals surface area contributed by atoms with Crippen LogP contribution in [0.5, 0.6) is 11.5 Å². The van der Waals surface area contributed by atoms with E-state index in [2.05, 4.69) is 15.2 Å². The molecule has 7 nitrogen and oxygen atoms in total. The first-order valence-corrected chi connectivity index (χ1v) is 11.4. The van der Waals surface area contributed by atoms with E-state index in [0.717, 1.165) is 54.0 Å². The molecule has 194 valence electrons. The Kier molecular flexibility index (Phi) is 9.23. The first-order chi connectivity index (χ1) is 16.7. The number of Topliss-reactive ketones (excluding diaryl/α,β-unsaturated/α-hetero) is 1. The fourth-order valence-electron chi connectivity index (χ4n) is 4.60. The molecule has 37 heavy (non-hydrogen) atoms. The molecule has 2 aromatic heterocycles. The number of ether oxygens (including phenoxy) is 1. The summed E-state index contributed by atoms with van der Waals surface area (Å²) in [6.07, 6.45) is 3.58. The number of rotatable bonds is 4. The monoisotopic (exact) mass is 560 g/mol. The molecule has 2 aliphatic heterocycles. The lowest BCUT2D eigenvalue weighted by Gasteiger charge is -2.27. The van der Waals surface area contributed by atoms with Gasteiger partial charge in [-0.1, -0.05) is 30.3 Å². The number of carbonyl (C=O) groups is 1. The number of aromatic nitrogens is 2. The molecule has 0 radical (unpaired) electrons. The second-order valence-corrected chi connectivity index (χ2v) is 8.61. The van der Waals surface area contributed by atoms with E-state index in [9.17, 15) is 9.90 Å². The van der Waals surface area contributed by atoms with Crippen LogP contribution < -0.4 is 10.1 Å². The quantitative estimate of drug-likeness (QED) is 0.296. The van der Waals surface area contributed by atoms with Crippen molar-refractivity contribution in [1.82, 2.24) is 20.2 Å². The van der Waals surface area contributed by atoms with E-state index in [1.165, 1.54) is 0 Å². The molecular formula is C27H27Cl3N4O3. The van der Waals surface area contributed by atoms with Gasteiger partial charge in [0.25, 0.3) is 0 Å². The number of halogens is 3. The number of H-pyrrole nitrogens is 1. The van der Waals surface area contributed by atoms with E-state index in [4.69, 9.17) is 9.72 Å². The minimum Gasteiger partial charge on any atom is -0.507 e. The Labute approximate surface area is 233 Å². The average Bonchev–Trinajstić information content (AvgIpc) is 3.42. The number of allylic oxidation sites excluding steroid dienone is 1. The normalized spacial score (nSPS) is 15.9. The molecule has 0 unspecified atom stereocenters. The lowest BCUT2D eigenvalue weighted by Crippen LogP contribution is -2.42. The molecule has 2 aliphatic rings. The molecule has 4 aromatic rings. The van der Waals surface area contributed by atoms with Crippen LogP contribution in [0, 0.1) is 0 Å². The number of phenolic OH excluding ortho intramolecular Hbond substituents is 1. The van der Waals surface area contributed by atoms with Crippen LogP contribution >= 0.6 is 37.2 Å². The van der Waals surface area contributed by atoms with Crippen LogP contribution in [-0.4, -0.2) is 51.9 Å². The zero-order valence-electron chi connectivity index (χ0n) is 19.8. The summed E-state index contributed by atoms with van der Waals surface area (Å²) in [5.41, 5.74) is 4.63. The van der Waals surface area contributed by atoms with Crippen molar-refractivity contribution in [2.75, 3.05) is 26.2 Å². The van der Waals surface area contributed by atoms with Crippen LogP contribution in [0.2, 0.25) is 0 Å². The highest BCUT2D eigenvalue weighted by molar-refractivity contribution is 6.15. The summed E-state index contributed by atoms with van der Waals surface area (Å²) in [6, 6.07) is 17.2. The van der Waals surface area contributed by atoms with Crippen LogP contribution in [0.4, 0.5) is 0 Å². The number of piperazine rings is 1. The van der Waals surface area contributed by atoms with Crippen molar-refractivity contribution in [2.24, 2.45) is 0 Å². The zero-order chi connectivity index (χ0) is 23.1. The van der Waals surface area contributed by atoms with Crippen molar-refractivity contribution >= 4 is 60.1 Å². The van der Waals surface area contributed by atoms with Crippen LogP contribution in [0.15, 0.2) is 66.6 Å². The summed E-state index contributed by atoms with van der Waals surface area (Å²) in [5, 5.41) is 14.8. The van der Waals surface area contributed by atoms with E-state index in [-0.39, 0.29) is 54.5 Å². The van der Waals surface area contributed by atoms with Gasteiger partial charge in [0, 0.05) is 55.4 Å². The van der Waals surface area contributed by atoms with Crippen molar-refractivity contribution in [3.8, 4) is 22.8 Å². The number of nitrogens with zero attached hydrogens (tertiary/aromatic N) is 2. The molecule has 1 fully saturated rings. The van der Waals surface area contributed by atoms with E-state index in [0.29, 0.717) is 23.4 Å². The highest BCUT2D eigenvalue weighted by Gasteiger charge is 2.32. The summed E-state index contributed by atoms with van der Waals surface area (Å²) in [6.45, 7) is 4.11. The fraction of sp³-hybridized carbons (Fsp3) is 0.185. The highest BCUT2D eigenvalue weighted by Crippen LogP contribution is 2.40. The van der Waals surface area contributed by atoms with Gasteiger partial charge < -0.3 is 20.1 Å². The molecule has 2 aromatic carbocycles. The molecule has 0 spiro atoms. The molecule has 0 saturated carbocycles. The summed E-state index contributed by atoms with van der Waals surface area (Å²) in [7, 11) is 0. The zero-order valence-corrected chi connectivity index (χ0v) is 22.2. The van der Waals surface area contributed by atoms with Gasteiger partial charge in [-0.25, -0.2) is 4.98 Å². The minimum atomic E-state index is -0.181. The summed E-state index contributed by atoms with van der Waals surface area (Å²) in [5.74, 6) is 0.671. The number of ketones is 1. The fourth-order valence-corrected chi connectivity index (χ4v) is 4.60. The summed E-state index contributed by atoms with van der Waals surface area (Å²) in [4.78, 5) is 23.3. The standard InChI is InChI=1S/C27H24N4O3.3ClH/c32-23-9-7-20-25(33)24(34-26(20)21(23)16-31-12-10-28-11-13-31)14-18-15-29-27-19(18)6-8-22(30-27)17-4-2-1-3-5-17;;;/h1-9,14-15,28,32H,10-13,16H2,(H,29,30);3*1H/b24-14-;;;. The predicted molar refractivity (Wildman–Crippen MR) is 152 cm³/mol. The maximum atomic E-state index is 13.1. The van der Waals surface area contributed by atoms with E-state index < -0.39 is 0 Å². The van der Waals surface area contributed by atoms with Crippen LogP contribution in [0.1, 0.15) is 21.5 Å². The van der Waals surface area contributed by atoms with Gasteiger partial charge in [-0.05, 0) is 30.3 Å². The molecule has 0 aliphatic carbocycles. The van der Waals surface area contributed by atoms with E-state index in [1.54, 1.807) is 18.2 Å². The molecule has 0 bridgehead atoms. The summed E-state index contributed by atoms with van der Waals surface area (Å²) >= 11 is 0. The van der Waals surface area contributed by atoms with Crippen molar-refractivity contribution in [3.05, 3.63) is 83.2 Å². The van der Waals surface area contributed by atoms with Crippen LogP contribution in [0.3, 0.4) is 0 Å². The topological polar surface area (TPSA) is 90.5 Å². The first-order valence-electron chi connectivity index (χ1n) is 11.4. The second-order valence-electron chi connectivity index (χ2n) is 8.61. The Morgan fingerprint density at radius 2 is 1.76 bits per heavy atom. The number of fused-ring (bicyclic) bond motifs is 2. The molecule has 6 rings (SSSR count). The molecule has 0 atom stereocenters.